The first-order valence-electron chi connectivity index (χ1n) is 5.73. The quantitative estimate of drug-likeness (QED) is 0.864. The van der Waals surface area contributed by atoms with Crippen molar-refractivity contribution >= 4 is 26.0 Å². The zero-order chi connectivity index (χ0) is 14.9. The Hall–Kier alpha value is -0.610. The first kappa shape index (κ1) is 15.8. The summed E-state index contributed by atoms with van der Waals surface area (Å²) in [5.74, 6) is -2.06. The third kappa shape index (κ3) is 2.86. The molecule has 1 heterocycles. The first-order valence-corrected chi connectivity index (χ1v) is 7.96. The van der Waals surface area contributed by atoms with Crippen molar-refractivity contribution in [1.82, 2.24) is 4.31 Å². The van der Waals surface area contributed by atoms with E-state index in [1.54, 1.807) is 0 Å². The highest BCUT2D eigenvalue weighted by Gasteiger charge is 2.36. The lowest BCUT2D eigenvalue weighted by Gasteiger charge is -2.33. The van der Waals surface area contributed by atoms with Crippen molar-refractivity contribution in [2.24, 2.45) is 0 Å². The van der Waals surface area contributed by atoms with E-state index in [4.69, 9.17) is 4.74 Å². The van der Waals surface area contributed by atoms with E-state index in [-0.39, 0.29) is 24.2 Å². The largest absolute Gasteiger partial charge is 0.395 e. The predicted molar refractivity (Wildman–Crippen MR) is 69.6 cm³/mol. The number of rotatable bonds is 3. The number of aliphatic hydroxyl groups is 1. The average Bonchev–Trinajstić information content (AvgIpc) is 2.37. The van der Waals surface area contributed by atoms with E-state index in [9.17, 15) is 22.3 Å². The monoisotopic (exact) mass is 371 g/mol. The molecule has 1 unspecified atom stereocenters. The molecule has 5 nitrogen and oxygen atoms in total. The fraction of sp³-hybridized carbons (Fsp3) is 0.455. The number of morpholine rings is 1. The summed E-state index contributed by atoms with van der Waals surface area (Å²) in [7, 11) is -4.20. The number of nitrogens with zero attached hydrogens (tertiary/aromatic N) is 1. The summed E-state index contributed by atoms with van der Waals surface area (Å²) in [6, 6.07) is 0.598. The number of sulfonamides is 1. The number of hydrogen-bond acceptors (Lipinski definition) is 4. The lowest BCUT2D eigenvalue weighted by molar-refractivity contribution is 0.0108. The molecule has 1 aromatic rings. The van der Waals surface area contributed by atoms with Crippen molar-refractivity contribution in [1.29, 1.82) is 0 Å². The van der Waals surface area contributed by atoms with Crippen molar-refractivity contribution in [2.75, 3.05) is 26.4 Å². The second-order valence-electron chi connectivity index (χ2n) is 4.23. The molecule has 1 saturated heterocycles. The molecule has 0 saturated carbocycles. The van der Waals surface area contributed by atoms with Gasteiger partial charge in [0.15, 0.2) is 0 Å². The van der Waals surface area contributed by atoms with Crippen LogP contribution in [0, 0.1) is 11.6 Å². The maximum absolute atomic E-state index is 13.8. The van der Waals surface area contributed by atoms with Crippen molar-refractivity contribution in [3.8, 4) is 0 Å². The minimum atomic E-state index is -4.20. The molecule has 1 aliphatic heterocycles. The van der Waals surface area contributed by atoms with Crippen molar-refractivity contribution in [2.45, 2.75) is 10.9 Å². The lowest BCUT2D eigenvalue weighted by Crippen LogP contribution is -2.50. The lowest BCUT2D eigenvalue weighted by atomic mass is 10.3. The molecule has 0 aliphatic carbocycles. The highest BCUT2D eigenvalue weighted by atomic mass is 79.9. The molecule has 0 aromatic heterocycles. The van der Waals surface area contributed by atoms with Gasteiger partial charge in [0.25, 0.3) is 0 Å². The molecular formula is C11H12BrF2NO4S. The molecule has 1 fully saturated rings. The third-order valence-corrected chi connectivity index (χ3v) is 5.83. The number of benzene rings is 1. The Morgan fingerprint density at radius 2 is 2.15 bits per heavy atom. The average molecular weight is 372 g/mol. The highest BCUT2D eigenvalue weighted by Crippen LogP contribution is 2.30. The zero-order valence-corrected chi connectivity index (χ0v) is 12.6. The van der Waals surface area contributed by atoms with E-state index in [2.05, 4.69) is 15.9 Å². The van der Waals surface area contributed by atoms with Crippen LogP contribution >= 0.6 is 15.9 Å². The van der Waals surface area contributed by atoms with Gasteiger partial charge in [-0.1, -0.05) is 0 Å². The summed E-state index contributed by atoms with van der Waals surface area (Å²) in [6.07, 6.45) is 0. The van der Waals surface area contributed by atoms with E-state index in [0.29, 0.717) is 6.07 Å². The Morgan fingerprint density at radius 3 is 2.75 bits per heavy atom. The summed E-state index contributed by atoms with van der Waals surface area (Å²) in [5, 5.41) is 9.20. The minimum absolute atomic E-state index is 0.00316. The van der Waals surface area contributed by atoms with Crippen LogP contribution in [0.1, 0.15) is 0 Å². The molecule has 1 aliphatic rings. The molecule has 20 heavy (non-hydrogen) atoms. The van der Waals surface area contributed by atoms with Gasteiger partial charge in [0, 0.05) is 17.1 Å². The van der Waals surface area contributed by atoms with Gasteiger partial charge >= 0.3 is 0 Å². The second-order valence-corrected chi connectivity index (χ2v) is 6.91. The molecule has 0 amide bonds. The van der Waals surface area contributed by atoms with E-state index in [1.165, 1.54) is 0 Å². The van der Waals surface area contributed by atoms with Crippen LogP contribution in [0.3, 0.4) is 0 Å². The molecule has 1 aromatic carbocycles. The van der Waals surface area contributed by atoms with Gasteiger partial charge in [-0.05, 0) is 22.0 Å². The van der Waals surface area contributed by atoms with Gasteiger partial charge in [-0.25, -0.2) is 17.2 Å². The van der Waals surface area contributed by atoms with Crippen LogP contribution in [-0.4, -0.2) is 50.2 Å². The number of aliphatic hydroxyl groups excluding tert-OH is 1. The fourth-order valence-corrected chi connectivity index (χ4v) is 4.69. The molecule has 9 heteroatoms. The van der Waals surface area contributed by atoms with Crippen LogP contribution in [0.15, 0.2) is 21.5 Å². The zero-order valence-electron chi connectivity index (χ0n) is 10.2. The maximum Gasteiger partial charge on any atom is 0.247 e. The van der Waals surface area contributed by atoms with Crippen LogP contribution in [0.5, 0.6) is 0 Å². The van der Waals surface area contributed by atoms with Crippen molar-refractivity contribution < 1.29 is 27.0 Å². The summed E-state index contributed by atoms with van der Waals surface area (Å²) in [4.78, 5) is -0.640. The van der Waals surface area contributed by atoms with Crippen LogP contribution in [0.2, 0.25) is 0 Å². The second kappa shape index (κ2) is 6.02. The molecule has 112 valence electrons. The molecule has 1 N–H and O–H groups in total. The normalized spacial score (nSPS) is 21.1. The van der Waals surface area contributed by atoms with Gasteiger partial charge in [-0.2, -0.15) is 4.31 Å². The van der Waals surface area contributed by atoms with Crippen molar-refractivity contribution in [3.63, 3.8) is 0 Å². The maximum atomic E-state index is 13.8. The number of halogens is 3. The highest BCUT2D eigenvalue weighted by molar-refractivity contribution is 9.10. The van der Waals surface area contributed by atoms with Gasteiger partial charge in [0.1, 0.15) is 16.5 Å². The van der Waals surface area contributed by atoms with Crippen molar-refractivity contribution in [3.05, 3.63) is 28.2 Å². The predicted octanol–water partition coefficient (Wildman–Crippen LogP) is 1.11. The van der Waals surface area contributed by atoms with Crippen LogP contribution in [0.25, 0.3) is 0 Å². The molecule has 0 bridgehead atoms. The summed E-state index contributed by atoms with van der Waals surface area (Å²) in [6.45, 7) is -0.275. The minimum Gasteiger partial charge on any atom is -0.395 e. The van der Waals surface area contributed by atoms with Gasteiger partial charge < -0.3 is 9.84 Å². The molecule has 0 spiro atoms. The van der Waals surface area contributed by atoms with E-state index in [1.807, 2.05) is 0 Å². The van der Waals surface area contributed by atoms with Gasteiger partial charge in [0.2, 0.25) is 10.0 Å². The Kier molecular flexibility index (Phi) is 4.75. The fourth-order valence-electron chi connectivity index (χ4n) is 1.99. The Morgan fingerprint density at radius 1 is 1.45 bits per heavy atom. The Labute approximate surface area is 123 Å². The molecule has 1 atom stereocenters. The van der Waals surface area contributed by atoms with Crippen LogP contribution in [-0.2, 0) is 14.8 Å². The Bertz CT molecular complexity index is 587. The molecule has 0 radical (unpaired) electrons. The van der Waals surface area contributed by atoms with Crippen LogP contribution in [0.4, 0.5) is 8.78 Å². The van der Waals surface area contributed by atoms with Gasteiger partial charge in [0.05, 0.1) is 25.9 Å². The molecule has 2 rings (SSSR count). The van der Waals surface area contributed by atoms with E-state index >= 15 is 0 Å². The topological polar surface area (TPSA) is 66.8 Å². The molecular weight excluding hydrogens is 360 g/mol. The van der Waals surface area contributed by atoms with Gasteiger partial charge in [-0.3, -0.25) is 0 Å². The summed E-state index contributed by atoms with van der Waals surface area (Å²) >= 11 is 2.86. The van der Waals surface area contributed by atoms with E-state index in [0.717, 1.165) is 10.4 Å². The summed E-state index contributed by atoms with van der Waals surface area (Å²) < 4.78 is 57.7. The van der Waals surface area contributed by atoms with Gasteiger partial charge in [-0.15, -0.1) is 0 Å². The van der Waals surface area contributed by atoms with E-state index < -0.39 is 39.2 Å². The number of ether oxygens (including phenoxy) is 1. The number of hydrogen-bond donors (Lipinski definition) is 1. The summed E-state index contributed by atoms with van der Waals surface area (Å²) in [5.41, 5.74) is 0. The van der Waals surface area contributed by atoms with Crippen LogP contribution < -0.4 is 0 Å². The standard InChI is InChI=1S/C11H12BrF2NO4S/c12-9-3-7(13)4-10(14)11(9)20(17,18)15-1-2-19-6-8(15)5-16/h3-4,8,16H,1-2,5-6H2. The first-order chi connectivity index (χ1) is 9.37. The Balaban J connectivity index is 2.49. The smallest absolute Gasteiger partial charge is 0.247 e. The third-order valence-electron chi connectivity index (χ3n) is 2.91. The SMILES string of the molecule is O=S(=O)(c1c(F)cc(F)cc1Br)N1CCOCC1CO.